The van der Waals surface area contributed by atoms with E-state index < -0.39 is 16.8 Å². The van der Waals surface area contributed by atoms with E-state index in [1.165, 1.54) is 19.2 Å². The molecule has 0 saturated carbocycles. The Morgan fingerprint density at radius 3 is 2.81 bits per heavy atom. The third kappa shape index (κ3) is 3.52. The van der Waals surface area contributed by atoms with Crippen molar-refractivity contribution < 1.29 is 14.5 Å². The van der Waals surface area contributed by atoms with Gasteiger partial charge in [-0.3, -0.25) is 10.1 Å². The fraction of sp³-hybridized carbons (Fsp3) is 0.391. The van der Waals surface area contributed by atoms with Crippen molar-refractivity contribution in [3.8, 4) is 0 Å². The molecule has 0 radical (unpaired) electrons. The molecule has 2 aromatic rings. The molecule has 8 nitrogen and oxygen atoms in total. The standard InChI is InChI=1S/C23H26N4O4/c1-12-17(22(28)31-4)18(13-6-5-7-14(10-13)27(29)30)19-20(24)15-11-23(2,3)9-8-16(15)26-21(19)25-12/h5-7,10,18H,8-9,11H2,1-4H3,(H3,24,25,26). The van der Waals surface area contributed by atoms with Crippen molar-refractivity contribution in [2.45, 2.75) is 46.0 Å². The highest BCUT2D eigenvalue weighted by atomic mass is 16.6. The van der Waals surface area contributed by atoms with Crippen LogP contribution >= 0.6 is 0 Å². The fourth-order valence-corrected chi connectivity index (χ4v) is 4.66. The maximum Gasteiger partial charge on any atom is 0.336 e. The van der Waals surface area contributed by atoms with Crippen molar-refractivity contribution in [3.05, 3.63) is 68.0 Å². The lowest BCUT2D eigenvalue weighted by Gasteiger charge is -2.36. The number of ether oxygens (including phenoxy) is 1. The van der Waals surface area contributed by atoms with Gasteiger partial charge in [-0.05, 0) is 42.7 Å². The van der Waals surface area contributed by atoms with Crippen LogP contribution in [0.4, 0.5) is 17.2 Å². The highest BCUT2D eigenvalue weighted by molar-refractivity contribution is 5.95. The van der Waals surface area contributed by atoms with Gasteiger partial charge in [-0.2, -0.15) is 0 Å². The molecule has 1 aliphatic heterocycles. The predicted octanol–water partition coefficient (Wildman–Crippen LogP) is 4.09. The molecule has 0 saturated heterocycles. The molecule has 4 rings (SSSR count). The summed E-state index contributed by atoms with van der Waals surface area (Å²) in [5.41, 5.74) is 11.6. The van der Waals surface area contributed by atoms with Gasteiger partial charge in [0.25, 0.3) is 5.69 Å². The highest BCUT2D eigenvalue weighted by Crippen LogP contribution is 2.48. The third-order valence-electron chi connectivity index (χ3n) is 6.27. The summed E-state index contributed by atoms with van der Waals surface area (Å²) >= 11 is 0. The molecule has 31 heavy (non-hydrogen) atoms. The van der Waals surface area contributed by atoms with Crippen molar-refractivity contribution in [3.63, 3.8) is 0 Å². The first-order chi connectivity index (χ1) is 14.6. The van der Waals surface area contributed by atoms with E-state index in [2.05, 4.69) is 19.2 Å². The van der Waals surface area contributed by atoms with Crippen LogP contribution in [0.15, 0.2) is 35.5 Å². The maximum atomic E-state index is 12.8. The van der Waals surface area contributed by atoms with Crippen molar-refractivity contribution in [1.29, 1.82) is 0 Å². The number of anilines is 2. The van der Waals surface area contributed by atoms with Crippen LogP contribution in [-0.4, -0.2) is 23.0 Å². The Morgan fingerprint density at radius 2 is 2.13 bits per heavy atom. The van der Waals surface area contributed by atoms with E-state index in [9.17, 15) is 14.9 Å². The molecule has 2 aliphatic rings. The Kier molecular flexibility index (Phi) is 4.95. The number of nitro benzene ring substituents is 1. The van der Waals surface area contributed by atoms with E-state index in [0.717, 1.165) is 30.5 Å². The zero-order valence-electron chi connectivity index (χ0n) is 18.1. The van der Waals surface area contributed by atoms with Gasteiger partial charge in [0.2, 0.25) is 0 Å². The number of allylic oxidation sites excluding steroid dienone is 1. The molecule has 1 unspecified atom stereocenters. The molecule has 8 heteroatoms. The number of fused-ring (bicyclic) bond motifs is 2. The highest BCUT2D eigenvalue weighted by Gasteiger charge is 2.38. The van der Waals surface area contributed by atoms with Gasteiger partial charge in [-0.1, -0.05) is 26.0 Å². The fourth-order valence-electron chi connectivity index (χ4n) is 4.66. The summed E-state index contributed by atoms with van der Waals surface area (Å²) in [5, 5.41) is 14.6. The molecule has 162 valence electrons. The number of rotatable bonds is 3. The molecular weight excluding hydrogens is 396 g/mol. The quantitative estimate of drug-likeness (QED) is 0.434. The number of nitrogens with one attached hydrogen (secondary N) is 1. The van der Waals surface area contributed by atoms with Crippen molar-refractivity contribution in [1.82, 2.24) is 4.98 Å². The zero-order chi connectivity index (χ0) is 22.5. The third-order valence-corrected chi connectivity index (χ3v) is 6.27. The van der Waals surface area contributed by atoms with Gasteiger partial charge < -0.3 is 15.8 Å². The molecule has 1 aromatic heterocycles. The monoisotopic (exact) mass is 422 g/mol. The Morgan fingerprint density at radius 1 is 1.39 bits per heavy atom. The lowest BCUT2D eigenvalue weighted by Crippen LogP contribution is -2.29. The van der Waals surface area contributed by atoms with Crippen LogP contribution in [0, 0.1) is 15.5 Å². The first-order valence-corrected chi connectivity index (χ1v) is 10.2. The van der Waals surface area contributed by atoms with Crippen LogP contribution in [0.2, 0.25) is 0 Å². The summed E-state index contributed by atoms with van der Waals surface area (Å²) in [6.07, 6.45) is 2.63. The second kappa shape index (κ2) is 7.37. The number of esters is 1. The first-order valence-electron chi connectivity index (χ1n) is 10.2. The molecule has 3 N–H and O–H groups in total. The van der Waals surface area contributed by atoms with Crippen LogP contribution in [0.5, 0.6) is 0 Å². The SMILES string of the molecule is COC(=O)C1=C(C)Nc2nc3c(c(N)c2C1c1cccc([N+](=O)[O-])c1)CC(C)(C)CC3. The molecule has 0 amide bonds. The Balaban J connectivity index is 1.98. The van der Waals surface area contributed by atoms with Crippen LogP contribution in [-0.2, 0) is 22.4 Å². The number of nitrogens with two attached hydrogens (primary N) is 1. The van der Waals surface area contributed by atoms with Crippen molar-refractivity contribution in [2.24, 2.45) is 5.41 Å². The predicted molar refractivity (Wildman–Crippen MR) is 118 cm³/mol. The average Bonchev–Trinajstić information content (AvgIpc) is 2.73. The van der Waals surface area contributed by atoms with Crippen molar-refractivity contribution >= 4 is 23.2 Å². The van der Waals surface area contributed by atoms with Gasteiger partial charge >= 0.3 is 5.97 Å². The van der Waals surface area contributed by atoms with Crippen LogP contribution < -0.4 is 11.1 Å². The number of nitrogens with zero attached hydrogens (tertiary/aromatic N) is 2. The Bertz CT molecular complexity index is 1140. The largest absolute Gasteiger partial charge is 0.466 e. The number of benzene rings is 1. The number of aryl methyl sites for hydroxylation is 1. The van der Waals surface area contributed by atoms with E-state index in [1.807, 2.05) is 0 Å². The van der Waals surface area contributed by atoms with Crippen LogP contribution in [0.25, 0.3) is 0 Å². The molecule has 0 spiro atoms. The number of hydrogen-bond acceptors (Lipinski definition) is 7. The van der Waals surface area contributed by atoms with Crippen LogP contribution in [0.3, 0.4) is 0 Å². The number of carbonyl (C=O) groups excluding carboxylic acids is 1. The molecule has 0 bridgehead atoms. The van der Waals surface area contributed by atoms with Crippen LogP contribution in [0.1, 0.15) is 55.5 Å². The first kappa shape index (κ1) is 20.8. The summed E-state index contributed by atoms with van der Waals surface area (Å²) in [6.45, 7) is 6.18. The Labute approximate surface area is 180 Å². The number of methoxy groups -OCH3 is 1. The molecule has 1 aliphatic carbocycles. The minimum absolute atomic E-state index is 0.0509. The minimum atomic E-state index is -0.619. The van der Waals surface area contributed by atoms with Gasteiger partial charge in [0, 0.05) is 40.7 Å². The topological polar surface area (TPSA) is 120 Å². The van der Waals surface area contributed by atoms with E-state index in [0.29, 0.717) is 33.9 Å². The Hall–Kier alpha value is -3.42. The zero-order valence-corrected chi connectivity index (χ0v) is 18.1. The van der Waals surface area contributed by atoms with Gasteiger partial charge in [-0.15, -0.1) is 0 Å². The molecule has 0 fully saturated rings. The van der Waals surface area contributed by atoms with Gasteiger partial charge in [0.1, 0.15) is 5.82 Å². The number of nitrogen functional groups attached to an aromatic ring is 1. The lowest BCUT2D eigenvalue weighted by molar-refractivity contribution is -0.384. The van der Waals surface area contributed by atoms with E-state index in [1.54, 1.807) is 19.1 Å². The second-order valence-corrected chi connectivity index (χ2v) is 8.99. The minimum Gasteiger partial charge on any atom is -0.466 e. The number of nitro groups is 1. The number of carbonyl (C=O) groups is 1. The maximum absolute atomic E-state index is 12.8. The molecule has 2 heterocycles. The number of hydrogen-bond donors (Lipinski definition) is 2. The summed E-state index contributed by atoms with van der Waals surface area (Å²) in [6, 6.07) is 6.30. The van der Waals surface area contributed by atoms with Gasteiger partial charge in [-0.25, -0.2) is 9.78 Å². The van der Waals surface area contributed by atoms with Gasteiger partial charge in [0.05, 0.1) is 17.6 Å². The summed E-state index contributed by atoms with van der Waals surface area (Å²) < 4.78 is 5.06. The molecule has 1 aromatic carbocycles. The molecular formula is C23H26N4O4. The van der Waals surface area contributed by atoms with Gasteiger partial charge in [0.15, 0.2) is 0 Å². The number of aromatic nitrogens is 1. The van der Waals surface area contributed by atoms with E-state index in [-0.39, 0.29) is 11.1 Å². The van der Waals surface area contributed by atoms with E-state index >= 15 is 0 Å². The summed E-state index contributed by atoms with van der Waals surface area (Å²) in [5.74, 6) is -0.534. The summed E-state index contributed by atoms with van der Waals surface area (Å²) in [4.78, 5) is 28.6. The number of non-ortho nitro benzene ring substituents is 1. The summed E-state index contributed by atoms with van der Waals surface area (Å²) in [7, 11) is 1.32. The van der Waals surface area contributed by atoms with E-state index in [4.69, 9.17) is 15.5 Å². The average molecular weight is 422 g/mol. The second-order valence-electron chi connectivity index (χ2n) is 8.99. The smallest absolute Gasteiger partial charge is 0.336 e. The normalized spacial score (nSPS) is 19.2. The lowest BCUT2D eigenvalue weighted by atomic mass is 9.73. The van der Waals surface area contributed by atoms with Crippen molar-refractivity contribution in [2.75, 3.05) is 18.2 Å². The molecule has 1 atom stereocenters. The number of pyridine rings is 1.